The van der Waals surface area contributed by atoms with Crippen LogP contribution in [0.3, 0.4) is 0 Å². The molecule has 2 aromatic rings. The van der Waals surface area contributed by atoms with Gasteiger partial charge in [0.15, 0.2) is 0 Å². The summed E-state index contributed by atoms with van der Waals surface area (Å²) in [6.45, 7) is 0.746. The van der Waals surface area contributed by atoms with E-state index in [1.54, 1.807) is 12.1 Å². The average molecular weight is 297 g/mol. The van der Waals surface area contributed by atoms with E-state index in [0.717, 1.165) is 18.7 Å². The molecule has 0 aliphatic carbocycles. The van der Waals surface area contributed by atoms with Gasteiger partial charge in [-0.3, -0.25) is 0 Å². The van der Waals surface area contributed by atoms with Crippen LogP contribution in [0.2, 0.25) is 0 Å². The Morgan fingerprint density at radius 2 is 1.55 bits per heavy atom. The van der Waals surface area contributed by atoms with Crippen molar-refractivity contribution < 1.29 is 13.2 Å². The Kier molecular flexibility index (Phi) is 4.95. The third kappa shape index (κ3) is 5.17. The zero-order valence-corrected chi connectivity index (χ0v) is 11.5. The van der Waals surface area contributed by atoms with Crippen LogP contribution in [0.15, 0.2) is 59.5 Å². The van der Waals surface area contributed by atoms with Crippen molar-refractivity contribution in [3.05, 3.63) is 60.2 Å². The molecule has 0 saturated heterocycles. The second-order valence-electron chi connectivity index (χ2n) is 4.23. The van der Waals surface area contributed by atoms with Crippen molar-refractivity contribution in [1.82, 2.24) is 0 Å². The third-order valence-electron chi connectivity index (χ3n) is 2.67. The number of thioether (sulfide) groups is 1. The lowest BCUT2D eigenvalue weighted by Crippen LogP contribution is -2.04. The lowest BCUT2D eigenvalue weighted by Gasteiger charge is -2.08. The van der Waals surface area contributed by atoms with Gasteiger partial charge in [-0.05, 0) is 48.0 Å². The zero-order chi connectivity index (χ0) is 14.4. The fourth-order valence-corrected chi connectivity index (χ4v) is 2.31. The topological polar surface area (TPSA) is 12.0 Å². The molecule has 0 fully saturated rings. The van der Waals surface area contributed by atoms with Gasteiger partial charge in [-0.1, -0.05) is 30.3 Å². The summed E-state index contributed by atoms with van der Waals surface area (Å²) in [5, 5.41) is 3.19. The van der Waals surface area contributed by atoms with E-state index in [1.807, 2.05) is 30.3 Å². The first-order valence-corrected chi connectivity index (χ1v) is 6.98. The highest BCUT2D eigenvalue weighted by Gasteiger charge is 2.28. The smallest absolute Gasteiger partial charge is 0.385 e. The van der Waals surface area contributed by atoms with Gasteiger partial charge in [0.05, 0.1) is 0 Å². The first kappa shape index (κ1) is 14.8. The Hall–Kier alpha value is -1.62. The van der Waals surface area contributed by atoms with E-state index in [4.69, 9.17) is 0 Å². The van der Waals surface area contributed by atoms with Crippen molar-refractivity contribution in [3.8, 4) is 0 Å². The van der Waals surface area contributed by atoms with Gasteiger partial charge in [-0.2, -0.15) is 13.2 Å². The number of hydrogen-bond acceptors (Lipinski definition) is 2. The molecule has 0 atom stereocenters. The standard InChI is InChI=1S/C15H14F3NS/c16-15(17,18)20-14-8-6-13(7-9-14)19-11-10-12-4-2-1-3-5-12/h1-9,19H,10-11H2. The summed E-state index contributed by atoms with van der Waals surface area (Å²) in [5.41, 5.74) is -2.18. The summed E-state index contributed by atoms with van der Waals surface area (Å²) in [5.74, 6) is 0. The van der Waals surface area contributed by atoms with Crippen molar-refractivity contribution in [2.45, 2.75) is 16.8 Å². The fourth-order valence-electron chi connectivity index (χ4n) is 1.77. The Bertz CT molecular complexity index is 523. The highest BCUT2D eigenvalue weighted by atomic mass is 32.2. The molecule has 0 amide bonds. The van der Waals surface area contributed by atoms with Crippen LogP contribution in [0.25, 0.3) is 0 Å². The maximum atomic E-state index is 12.2. The Labute approximate surface area is 120 Å². The minimum Gasteiger partial charge on any atom is -0.385 e. The van der Waals surface area contributed by atoms with Crippen molar-refractivity contribution in [2.24, 2.45) is 0 Å². The van der Waals surface area contributed by atoms with Crippen LogP contribution < -0.4 is 5.32 Å². The maximum absolute atomic E-state index is 12.2. The van der Waals surface area contributed by atoms with Crippen LogP contribution in [-0.4, -0.2) is 12.1 Å². The second-order valence-corrected chi connectivity index (χ2v) is 5.37. The van der Waals surface area contributed by atoms with Gasteiger partial charge >= 0.3 is 5.51 Å². The SMILES string of the molecule is FC(F)(F)Sc1ccc(NCCc2ccccc2)cc1. The monoisotopic (exact) mass is 297 g/mol. The highest BCUT2D eigenvalue weighted by molar-refractivity contribution is 8.00. The number of anilines is 1. The summed E-state index contributed by atoms with van der Waals surface area (Å²) in [4.78, 5) is 0.200. The molecule has 1 N–H and O–H groups in total. The van der Waals surface area contributed by atoms with Gasteiger partial charge in [-0.15, -0.1) is 0 Å². The van der Waals surface area contributed by atoms with E-state index in [2.05, 4.69) is 5.32 Å². The summed E-state index contributed by atoms with van der Waals surface area (Å²) < 4.78 is 36.5. The van der Waals surface area contributed by atoms with Crippen molar-refractivity contribution in [2.75, 3.05) is 11.9 Å². The Balaban J connectivity index is 1.82. The number of rotatable bonds is 5. The molecule has 20 heavy (non-hydrogen) atoms. The quantitative estimate of drug-likeness (QED) is 0.783. The highest BCUT2D eigenvalue weighted by Crippen LogP contribution is 2.36. The van der Waals surface area contributed by atoms with Gasteiger partial charge < -0.3 is 5.32 Å². The third-order valence-corrected chi connectivity index (χ3v) is 3.41. The number of alkyl halides is 3. The van der Waals surface area contributed by atoms with Gasteiger partial charge in [0.2, 0.25) is 0 Å². The molecule has 0 aliphatic rings. The molecule has 0 saturated carbocycles. The van der Waals surface area contributed by atoms with Crippen LogP contribution in [-0.2, 0) is 6.42 Å². The first-order chi connectivity index (χ1) is 9.53. The Morgan fingerprint density at radius 3 is 2.15 bits per heavy atom. The predicted octanol–water partition coefficient (Wildman–Crippen LogP) is 4.95. The molecule has 0 spiro atoms. The van der Waals surface area contributed by atoms with E-state index in [-0.39, 0.29) is 16.7 Å². The molecule has 106 valence electrons. The van der Waals surface area contributed by atoms with Crippen molar-refractivity contribution >= 4 is 17.4 Å². The molecule has 0 radical (unpaired) electrons. The molecular formula is C15H14F3NS. The van der Waals surface area contributed by atoms with Crippen molar-refractivity contribution in [3.63, 3.8) is 0 Å². The first-order valence-electron chi connectivity index (χ1n) is 6.16. The van der Waals surface area contributed by atoms with Gasteiger partial charge in [0, 0.05) is 17.1 Å². The van der Waals surface area contributed by atoms with Gasteiger partial charge in [0.25, 0.3) is 0 Å². The predicted molar refractivity (Wildman–Crippen MR) is 77.0 cm³/mol. The number of hydrogen-bond donors (Lipinski definition) is 1. The minimum atomic E-state index is -4.23. The van der Waals surface area contributed by atoms with Crippen LogP contribution in [0, 0.1) is 0 Å². The summed E-state index contributed by atoms with van der Waals surface area (Å²) in [6.07, 6.45) is 0.875. The summed E-state index contributed by atoms with van der Waals surface area (Å²) in [7, 11) is 0. The summed E-state index contributed by atoms with van der Waals surface area (Å²) in [6, 6.07) is 16.3. The molecule has 2 aromatic carbocycles. The van der Waals surface area contributed by atoms with E-state index in [0.29, 0.717) is 0 Å². The number of halogens is 3. The van der Waals surface area contributed by atoms with Crippen LogP contribution in [0.4, 0.5) is 18.9 Å². The zero-order valence-electron chi connectivity index (χ0n) is 10.7. The normalized spacial score (nSPS) is 11.3. The molecule has 5 heteroatoms. The Morgan fingerprint density at radius 1 is 0.900 bits per heavy atom. The van der Waals surface area contributed by atoms with Crippen LogP contribution in [0.5, 0.6) is 0 Å². The maximum Gasteiger partial charge on any atom is 0.446 e. The largest absolute Gasteiger partial charge is 0.446 e. The average Bonchev–Trinajstić information content (AvgIpc) is 2.40. The summed E-state index contributed by atoms with van der Waals surface area (Å²) >= 11 is -0.0976. The van der Waals surface area contributed by atoms with Crippen LogP contribution in [0.1, 0.15) is 5.56 Å². The minimum absolute atomic E-state index is 0.0976. The lowest BCUT2D eigenvalue weighted by atomic mass is 10.1. The van der Waals surface area contributed by atoms with Crippen molar-refractivity contribution in [1.29, 1.82) is 0 Å². The van der Waals surface area contributed by atoms with Crippen LogP contribution >= 0.6 is 11.8 Å². The van der Waals surface area contributed by atoms with E-state index in [1.165, 1.54) is 17.7 Å². The van der Waals surface area contributed by atoms with Gasteiger partial charge in [0.1, 0.15) is 0 Å². The molecule has 0 aromatic heterocycles. The molecule has 0 heterocycles. The molecule has 2 rings (SSSR count). The number of nitrogens with one attached hydrogen (secondary N) is 1. The molecule has 0 bridgehead atoms. The molecule has 0 aliphatic heterocycles. The molecular weight excluding hydrogens is 283 g/mol. The number of benzene rings is 2. The molecule has 0 unspecified atom stereocenters. The molecule has 1 nitrogen and oxygen atoms in total. The lowest BCUT2D eigenvalue weighted by molar-refractivity contribution is -0.0328. The second kappa shape index (κ2) is 6.70. The van der Waals surface area contributed by atoms with E-state index < -0.39 is 5.51 Å². The van der Waals surface area contributed by atoms with E-state index >= 15 is 0 Å². The fraction of sp³-hybridized carbons (Fsp3) is 0.200. The van der Waals surface area contributed by atoms with Gasteiger partial charge in [-0.25, -0.2) is 0 Å². The van der Waals surface area contributed by atoms with E-state index in [9.17, 15) is 13.2 Å².